The number of piperidine rings is 1. The lowest BCUT2D eigenvalue weighted by atomic mass is 9.76. The molecule has 1 aromatic rings. The van der Waals surface area contributed by atoms with Gasteiger partial charge in [-0.1, -0.05) is 13.3 Å². The summed E-state index contributed by atoms with van der Waals surface area (Å²) in [6.45, 7) is 7.84. The van der Waals surface area contributed by atoms with E-state index in [2.05, 4.69) is 22.5 Å². The lowest BCUT2D eigenvalue weighted by molar-refractivity contribution is -0.127. The number of hydrogen-bond acceptors (Lipinski definition) is 3. The molecule has 1 atom stereocenters. The molecule has 0 radical (unpaired) electrons. The molecule has 0 spiro atoms. The van der Waals surface area contributed by atoms with Crippen LogP contribution in [0.5, 0.6) is 0 Å². The van der Waals surface area contributed by atoms with Gasteiger partial charge in [-0.15, -0.1) is 0 Å². The average Bonchev–Trinajstić information content (AvgIpc) is 2.43. The van der Waals surface area contributed by atoms with Crippen molar-refractivity contribution in [3.05, 3.63) is 23.5 Å². The highest BCUT2D eigenvalue weighted by molar-refractivity contribution is 5.96. The number of aryl methyl sites for hydroxylation is 2. The predicted molar refractivity (Wildman–Crippen MR) is 81.8 cm³/mol. The Bertz CT molecular complexity index is 473. The molecule has 20 heavy (non-hydrogen) atoms. The molecule has 1 aromatic heterocycles. The van der Waals surface area contributed by atoms with Crippen molar-refractivity contribution in [3.8, 4) is 0 Å². The van der Waals surface area contributed by atoms with Gasteiger partial charge in [0.1, 0.15) is 0 Å². The van der Waals surface area contributed by atoms with E-state index in [4.69, 9.17) is 0 Å². The number of hydrogen-bond donors (Lipinski definition) is 2. The fraction of sp³-hybridized carbons (Fsp3) is 0.625. The number of rotatable bonds is 4. The van der Waals surface area contributed by atoms with Gasteiger partial charge in [0.05, 0.1) is 16.8 Å². The van der Waals surface area contributed by atoms with Crippen molar-refractivity contribution >= 4 is 11.6 Å². The second-order valence-corrected chi connectivity index (χ2v) is 5.85. The molecule has 110 valence electrons. The second kappa shape index (κ2) is 6.35. The van der Waals surface area contributed by atoms with Crippen LogP contribution in [0.25, 0.3) is 0 Å². The standard InChI is InChI=1S/C16H25N3O/c1-4-8-16(9-5-10-17-11-16)15(20)19-14-7-6-12(2)18-13(14)3/h6-7,17H,4-5,8-11H2,1-3H3,(H,19,20). The Morgan fingerprint density at radius 1 is 1.45 bits per heavy atom. The molecule has 2 rings (SSSR count). The molecule has 1 amide bonds. The van der Waals surface area contributed by atoms with E-state index >= 15 is 0 Å². The largest absolute Gasteiger partial charge is 0.324 e. The van der Waals surface area contributed by atoms with Gasteiger partial charge >= 0.3 is 0 Å². The summed E-state index contributed by atoms with van der Waals surface area (Å²) in [6.07, 6.45) is 4.00. The molecule has 1 aliphatic heterocycles. The summed E-state index contributed by atoms with van der Waals surface area (Å²) < 4.78 is 0. The Morgan fingerprint density at radius 2 is 2.25 bits per heavy atom. The van der Waals surface area contributed by atoms with E-state index in [1.807, 2.05) is 26.0 Å². The zero-order valence-corrected chi connectivity index (χ0v) is 12.8. The predicted octanol–water partition coefficient (Wildman–Crippen LogP) is 2.81. The molecule has 0 aromatic carbocycles. The van der Waals surface area contributed by atoms with Crippen LogP contribution in [0.15, 0.2) is 12.1 Å². The number of anilines is 1. The minimum atomic E-state index is -0.260. The second-order valence-electron chi connectivity index (χ2n) is 5.85. The molecule has 1 unspecified atom stereocenters. The van der Waals surface area contributed by atoms with Gasteiger partial charge in [-0.3, -0.25) is 9.78 Å². The van der Waals surface area contributed by atoms with Crippen molar-refractivity contribution in [2.24, 2.45) is 5.41 Å². The number of carbonyl (C=O) groups is 1. The lowest BCUT2D eigenvalue weighted by Gasteiger charge is -2.36. The maximum absolute atomic E-state index is 12.7. The Balaban J connectivity index is 2.15. The van der Waals surface area contributed by atoms with Crippen molar-refractivity contribution in [1.29, 1.82) is 0 Å². The van der Waals surface area contributed by atoms with E-state index in [-0.39, 0.29) is 11.3 Å². The first-order valence-corrected chi connectivity index (χ1v) is 7.54. The molecule has 1 saturated heterocycles. The lowest BCUT2D eigenvalue weighted by Crippen LogP contribution is -2.48. The van der Waals surface area contributed by atoms with Crippen molar-refractivity contribution < 1.29 is 4.79 Å². The third-order valence-electron chi connectivity index (χ3n) is 4.16. The smallest absolute Gasteiger partial charge is 0.231 e. The van der Waals surface area contributed by atoms with Crippen molar-refractivity contribution in [2.45, 2.75) is 46.5 Å². The highest BCUT2D eigenvalue weighted by atomic mass is 16.2. The number of nitrogens with one attached hydrogen (secondary N) is 2. The highest BCUT2D eigenvalue weighted by Gasteiger charge is 2.38. The topological polar surface area (TPSA) is 54.0 Å². The van der Waals surface area contributed by atoms with Gasteiger partial charge in [0, 0.05) is 12.2 Å². The van der Waals surface area contributed by atoms with Gasteiger partial charge in [0.25, 0.3) is 0 Å². The van der Waals surface area contributed by atoms with E-state index in [0.29, 0.717) is 0 Å². The van der Waals surface area contributed by atoms with Crippen LogP contribution in [0.2, 0.25) is 0 Å². The Labute approximate surface area is 121 Å². The molecule has 0 saturated carbocycles. The summed E-state index contributed by atoms with van der Waals surface area (Å²) >= 11 is 0. The molecular weight excluding hydrogens is 250 g/mol. The summed E-state index contributed by atoms with van der Waals surface area (Å²) in [5, 5.41) is 6.47. The van der Waals surface area contributed by atoms with Gasteiger partial charge < -0.3 is 10.6 Å². The number of carbonyl (C=O) groups excluding carboxylic acids is 1. The van der Waals surface area contributed by atoms with E-state index in [0.717, 1.165) is 55.8 Å². The molecule has 0 aliphatic carbocycles. The van der Waals surface area contributed by atoms with Crippen LogP contribution in [0.3, 0.4) is 0 Å². The zero-order valence-electron chi connectivity index (χ0n) is 12.8. The minimum absolute atomic E-state index is 0.139. The zero-order chi connectivity index (χ0) is 14.6. The number of amides is 1. The third kappa shape index (κ3) is 3.18. The quantitative estimate of drug-likeness (QED) is 0.888. The summed E-state index contributed by atoms with van der Waals surface area (Å²) in [5.41, 5.74) is 2.43. The fourth-order valence-corrected chi connectivity index (χ4v) is 3.04. The molecule has 2 heterocycles. The summed E-state index contributed by atoms with van der Waals surface area (Å²) in [5.74, 6) is 0.139. The van der Waals surface area contributed by atoms with E-state index in [9.17, 15) is 4.79 Å². The van der Waals surface area contributed by atoms with E-state index in [1.165, 1.54) is 0 Å². The normalized spacial score (nSPS) is 22.6. The number of pyridine rings is 1. The first-order valence-electron chi connectivity index (χ1n) is 7.54. The number of nitrogens with zero attached hydrogens (tertiary/aromatic N) is 1. The van der Waals surface area contributed by atoms with Crippen LogP contribution in [-0.2, 0) is 4.79 Å². The molecule has 4 heteroatoms. The van der Waals surface area contributed by atoms with Crippen molar-refractivity contribution in [3.63, 3.8) is 0 Å². The molecule has 4 nitrogen and oxygen atoms in total. The monoisotopic (exact) mass is 275 g/mol. The van der Waals surface area contributed by atoms with Crippen LogP contribution < -0.4 is 10.6 Å². The number of aromatic nitrogens is 1. The van der Waals surface area contributed by atoms with Gasteiger partial charge in [0.15, 0.2) is 0 Å². The maximum Gasteiger partial charge on any atom is 0.231 e. The molecule has 0 bridgehead atoms. The SMILES string of the molecule is CCCC1(C(=O)Nc2ccc(C)nc2C)CCCNC1. The average molecular weight is 275 g/mol. The van der Waals surface area contributed by atoms with E-state index < -0.39 is 0 Å². The summed E-state index contributed by atoms with van der Waals surface area (Å²) in [4.78, 5) is 17.1. The van der Waals surface area contributed by atoms with Gasteiger partial charge in [-0.2, -0.15) is 0 Å². The Hall–Kier alpha value is -1.42. The van der Waals surface area contributed by atoms with Gasteiger partial charge in [-0.05, 0) is 51.8 Å². The first-order chi connectivity index (χ1) is 9.57. The van der Waals surface area contributed by atoms with Gasteiger partial charge in [0.2, 0.25) is 5.91 Å². The minimum Gasteiger partial charge on any atom is -0.324 e. The van der Waals surface area contributed by atoms with Crippen LogP contribution in [0.4, 0.5) is 5.69 Å². The molecule has 1 fully saturated rings. The maximum atomic E-state index is 12.7. The van der Waals surface area contributed by atoms with Crippen LogP contribution in [0.1, 0.15) is 44.0 Å². The molecule has 2 N–H and O–H groups in total. The molecule has 1 aliphatic rings. The van der Waals surface area contributed by atoms with Crippen LogP contribution in [0, 0.1) is 19.3 Å². The van der Waals surface area contributed by atoms with Gasteiger partial charge in [-0.25, -0.2) is 0 Å². The van der Waals surface area contributed by atoms with E-state index in [1.54, 1.807) is 0 Å². The fourth-order valence-electron chi connectivity index (χ4n) is 3.04. The van der Waals surface area contributed by atoms with Crippen LogP contribution >= 0.6 is 0 Å². The van der Waals surface area contributed by atoms with Crippen molar-refractivity contribution in [2.75, 3.05) is 18.4 Å². The Kier molecular flexibility index (Phi) is 4.76. The summed E-state index contributed by atoms with van der Waals surface area (Å²) in [7, 11) is 0. The third-order valence-corrected chi connectivity index (χ3v) is 4.16. The highest BCUT2D eigenvalue weighted by Crippen LogP contribution is 2.33. The Morgan fingerprint density at radius 3 is 2.85 bits per heavy atom. The first kappa shape index (κ1) is 15.0. The van der Waals surface area contributed by atoms with Crippen LogP contribution in [-0.4, -0.2) is 24.0 Å². The summed E-state index contributed by atoms with van der Waals surface area (Å²) in [6, 6.07) is 3.89. The molecular formula is C16H25N3O. The van der Waals surface area contributed by atoms with Crippen molar-refractivity contribution in [1.82, 2.24) is 10.3 Å².